The quantitative estimate of drug-likeness (QED) is 0.320. The molecule has 0 aliphatic heterocycles. The van der Waals surface area contributed by atoms with Gasteiger partial charge in [0.2, 0.25) is 5.78 Å². The molecule has 4 aliphatic carbocycles. The molecule has 0 aromatic rings. The van der Waals surface area contributed by atoms with Crippen LogP contribution < -0.4 is 0 Å². The molecule has 0 radical (unpaired) electrons. The van der Waals surface area contributed by atoms with Gasteiger partial charge in [-0.05, 0) is 67.3 Å². The standard InChI is InChI=1S/C26H36O9/c1-13-10-15-16-7-9-26(34,22(32)23(33)35-20(31)5-4-19(29)30)25(16,3)12-18(28)21(15)24(2)8-6-14(27)11-17(13)24/h11,13,15-16,18,21,23,28,33-34H,4-10,12H2,1-3H3,(H,29,30)/t13?,15-,16-,18?,21+,23?,24-,25-,26-/m0/s1. The van der Waals surface area contributed by atoms with E-state index in [1.165, 1.54) is 0 Å². The van der Waals surface area contributed by atoms with Gasteiger partial charge in [-0.15, -0.1) is 0 Å². The van der Waals surface area contributed by atoms with Crippen LogP contribution in [0.25, 0.3) is 0 Å². The lowest BCUT2D eigenvalue weighted by Gasteiger charge is -2.61. The number of aliphatic carboxylic acids is 1. The molecule has 35 heavy (non-hydrogen) atoms. The van der Waals surface area contributed by atoms with Crippen LogP contribution in [0.3, 0.4) is 0 Å². The zero-order chi connectivity index (χ0) is 25.9. The minimum Gasteiger partial charge on any atom is -0.481 e. The third-order valence-electron chi connectivity index (χ3n) is 9.78. The lowest BCUT2D eigenvalue weighted by molar-refractivity contribution is -0.205. The van der Waals surface area contributed by atoms with E-state index in [1.54, 1.807) is 13.0 Å². The van der Waals surface area contributed by atoms with E-state index in [0.717, 1.165) is 12.0 Å². The zero-order valence-corrected chi connectivity index (χ0v) is 20.5. The number of hydrogen-bond acceptors (Lipinski definition) is 8. The molecule has 0 heterocycles. The molecule has 3 fully saturated rings. The van der Waals surface area contributed by atoms with Gasteiger partial charge in [0.25, 0.3) is 6.29 Å². The Hall–Kier alpha value is -2.10. The predicted molar refractivity (Wildman–Crippen MR) is 122 cm³/mol. The van der Waals surface area contributed by atoms with Crippen LogP contribution in [0, 0.1) is 34.5 Å². The minimum absolute atomic E-state index is 0.0196. The van der Waals surface area contributed by atoms with Gasteiger partial charge in [-0.25, -0.2) is 0 Å². The molecule has 194 valence electrons. The summed E-state index contributed by atoms with van der Waals surface area (Å²) in [6.07, 6.45) is 0.286. The summed E-state index contributed by atoms with van der Waals surface area (Å²) in [6, 6.07) is 0. The normalized spacial score (nSPS) is 43.3. The van der Waals surface area contributed by atoms with E-state index >= 15 is 0 Å². The van der Waals surface area contributed by atoms with Gasteiger partial charge in [0.1, 0.15) is 5.60 Å². The maximum Gasteiger partial charge on any atom is 0.309 e. The molecular weight excluding hydrogens is 456 g/mol. The van der Waals surface area contributed by atoms with Gasteiger partial charge in [-0.3, -0.25) is 19.2 Å². The second kappa shape index (κ2) is 8.78. The maximum absolute atomic E-state index is 13.2. The van der Waals surface area contributed by atoms with Gasteiger partial charge in [-0.2, -0.15) is 0 Å². The fourth-order valence-electron chi connectivity index (χ4n) is 8.18. The lowest BCUT2D eigenvalue weighted by atomic mass is 9.44. The Morgan fingerprint density at radius 3 is 2.54 bits per heavy atom. The van der Waals surface area contributed by atoms with Crippen LogP contribution in [-0.4, -0.2) is 61.9 Å². The summed E-state index contributed by atoms with van der Waals surface area (Å²) in [5.74, 6) is -3.22. The highest BCUT2D eigenvalue weighted by atomic mass is 16.6. The Bertz CT molecular complexity index is 972. The average molecular weight is 493 g/mol. The molecule has 9 atom stereocenters. The number of carboxylic acids is 1. The Balaban J connectivity index is 1.59. The van der Waals surface area contributed by atoms with Crippen LogP contribution in [0.1, 0.15) is 72.1 Å². The number of Topliss-reactive ketones (excluding diaryl/α,β-unsaturated/α-hetero) is 1. The SMILES string of the molecule is CC1C[C@@H]2[C@H](C(O)C[C@@]3(C)[C@H]2CC[C@]3(O)C(=O)C(O)OC(=O)CCC(=O)O)[C@@]2(C)CCC(=O)C=C12. The number of carbonyl (C=O) groups excluding carboxylic acids is 3. The fourth-order valence-corrected chi connectivity index (χ4v) is 8.18. The first-order valence-corrected chi connectivity index (χ1v) is 12.5. The van der Waals surface area contributed by atoms with Crippen LogP contribution in [0.2, 0.25) is 0 Å². The summed E-state index contributed by atoms with van der Waals surface area (Å²) in [4.78, 5) is 47.9. The largest absolute Gasteiger partial charge is 0.481 e. The topological polar surface area (TPSA) is 158 Å². The Labute approximate surface area is 204 Å². The number of ketones is 2. The molecule has 4 rings (SSSR count). The fraction of sp³-hybridized carbons (Fsp3) is 0.769. The van der Waals surface area contributed by atoms with Crippen molar-refractivity contribution in [2.24, 2.45) is 34.5 Å². The van der Waals surface area contributed by atoms with Crippen molar-refractivity contribution in [3.8, 4) is 0 Å². The summed E-state index contributed by atoms with van der Waals surface area (Å²) >= 11 is 0. The van der Waals surface area contributed by atoms with Gasteiger partial charge in [0.15, 0.2) is 5.78 Å². The third-order valence-corrected chi connectivity index (χ3v) is 9.78. The highest BCUT2D eigenvalue weighted by Crippen LogP contribution is 2.68. The molecule has 0 amide bonds. The van der Waals surface area contributed by atoms with E-state index < -0.39 is 54.0 Å². The van der Waals surface area contributed by atoms with Gasteiger partial charge in [0, 0.05) is 11.8 Å². The number of carboxylic acid groups (broad SMARTS) is 1. The van der Waals surface area contributed by atoms with Crippen molar-refractivity contribution in [2.45, 2.75) is 90.1 Å². The molecule has 4 aliphatic rings. The summed E-state index contributed by atoms with van der Waals surface area (Å²) in [7, 11) is 0. The van der Waals surface area contributed by atoms with Crippen molar-refractivity contribution >= 4 is 23.5 Å². The third kappa shape index (κ3) is 3.96. The van der Waals surface area contributed by atoms with E-state index in [9.17, 15) is 34.5 Å². The summed E-state index contributed by atoms with van der Waals surface area (Å²) in [5.41, 5.74) is -2.29. The summed E-state index contributed by atoms with van der Waals surface area (Å²) in [6.45, 7) is 5.98. The Morgan fingerprint density at radius 1 is 1.20 bits per heavy atom. The van der Waals surface area contributed by atoms with Crippen LogP contribution in [0.4, 0.5) is 0 Å². The molecule has 9 nitrogen and oxygen atoms in total. The van der Waals surface area contributed by atoms with Gasteiger partial charge >= 0.3 is 11.9 Å². The van der Waals surface area contributed by atoms with E-state index in [4.69, 9.17) is 9.84 Å². The minimum atomic E-state index is -2.21. The highest BCUT2D eigenvalue weighted by Gasteiger charge is 2.69. The van der Waals surface area contributed by atoms with Crippen molar-refractivity contribution in [3.05, 3.63) is 11.6 Å². The van der Waals surface area contributed by atoms with E-state index in [0.29, 0.717) is 19.3 Å². The van der Waals surface area contributed by atoms with Crippen molar-refractivity contribution < 1.29 is 44.3 Å². The highest BCUT2D eigenvalue weighted by molar-refractivity contribution is 5.93. The maximum atomic E-state index is 13.2. The predicted octanol–water partition coefficient (Wildman–Crippen LogP) is 1.76. The van der Waals surface area contributed by atoms with Crippen molar-refractivity contribution in [1.29, 1.82) is 0 Å². The van der Waals surface area contributed by atoms with Gasteiger partial charge in [0.05, 0.1) is 18.9 Å². The van der Waals surface area contributed by atoms with E-state index in [2.05, 4.69) is 13.8 Å². The molecule has 0 aromatic carbocycles. The number of aliphatic hydroxyl groups is 3. The average Bonchev–Trinajstić information content (AvgIpc) is 3.04. The number of allylic oxidation sites excluding steroid dienone is 1. The number of fused-ring (bicyclic) bond motifs is 5. The molecule has 0 bridgehead atoms. The molecule has 0 aromatic heterocycles. The molecule has 9 heteroatoms. The molecule has 3 unspecified atom stereocenters. The Kier molecular flexibility index (Phi) is 6.52. The van der Waals surface area contributed by atoms with Gasteiger partial charge in [-0.1, -0.05) is 26.3 Å². The summed E-state index contributed by atoms with van der Waals surface area (Å²) in [5, 5.41) is 42.2. The second-order valence-corrected chi connectivity index (χ2v) is 11.6. The van der Waals surface area contributed by atoms with Crippen molar-refractivity contribution in [3.63, 3.8) is 0 Å². The number of rotatable bonds is 6. The van der Waals surface area contributed by atoms with Crippen molar-refractivity contribution in [2.75, 3.05) is 0 Å². The number of aliphatic hydroxyl groups excluding tert-OH is 2. The number of esters is 1. The zero-order valence-electron chi connectivity index (χ0n) is 20.5. The number of ether oxygens (including phenoxy) is 1. The smallest absolute Gasteiger partial charge is 0.309 e. The summed E-state index contributed by atoms with van der Waals surface area (Å²) < 4.78 is 4.75. The Morgan fingerprint density at radius 2 is 1.89 bits per heavy atom. The lowest BCUT2D eigenvalue weighted by Crippen LogP contribution is -2.63. The molecule has 0 spiro atoms. The van der Waals surface area contributed by atoms with Crippen molar-refractivity contribution in [1.82, 2.24) is 0 Å². The van der Waals surface area contributed by atoms with Crippen LogP contribution in [0.15, 0.2) is 11.6 Å². The first-order valence-electron chi connectivity index (χ1n) is 12.5. The monoisotopic (exact) mass is 492 g/mol. The van der Waals surface area contributed by atoms with E-state index in [-0.39, 0.29) is 47.7 Å². The second-order valence-electron chi connectivity index (χ2n) is 11.6. The molecular formula is C26H36O9. The van der Waals surface area contributed by atoms with Crippen LogP contribution >= 0.6 is 0 Å². The molecule has 3 saturated carbocycles. The molecule has 0 saturated heterocycles. The van der Waals surface area contributed by atoms with Gasteiger partial charge < -0.3 is 25.2 Å². The number of carbonyl (C=O) groups is 4. The molecule has 4 N–H and O–H groups in total. The first-order chi connectivity index (χ1) is 16.2. The van der Waals surface area contributed by atoms with E-state index in [1.807, 2.05) is 0 Å². The van der Waals surface area contributed by atoms with Crippen LogP contribution in [0.5, 0.6) is 0 Å². The first kappa shape index (κ1) is 26.0. The number of hydrogen-bond donors (Lipinski definition) is 4. The van der Waals surface area contributed by atoms with Crippen LogP contribution in [-0.2, 0) is 23.9 Å².